The summed E-state index contributed by atoms with van der Waals surface area (Å²) in [5.74, 6) is 0. The third-order valence-electron chi connectivity index (χ3n) is 2.07. The van der Waals surface area contributed by atoms with Crippen molar-refractivity contribution in [1.29, 1.82) is 0 Å². The van der Waals surface area contributed by atoms with E-state index in [9.17, 15) is 0 Å². The Morgan fingerprint density at radius 3 is 1.00 bits per heavy atom. The minimum Gasteiger partial charge on any atom is -1.00 e. The molecule has 0 N–H and O–H groups in total. The lowest BCUT2D eigenvalue weighted by atomic mass is 10.3. The molecule has 3 heteroatoms. The lowest BCUT2D eigenvalue weighted by molar-refractivity contribution is -0.906. The van der Waals surface area contributed by atoms with Crippen LogP contribution in [0, 0.1) is 0 Å². The summed E-state index contributed by atoms with van der Waals surface area (Å²) in [6, 6.07) is 0. The number of quaternary nitrogens is 1. The van der Waals surface area contributed by atoms with E-state index in [0.29, 0.717) is 0 Å². The SMILES string of the molecule is C=CC[N+](CC=C)(CC=C)CC=C.F.[F-]. The van der Waals surface area contributed by atoms with Gasteiger partial charge in [-0.3, -0.25) is 4.70 Å². The van der Waals surface area contributed by atoms with Crippen LogP contribution in [0.4, 0.5) is 4.70 Å². The first kappa shape index (κ1) is 19.4. The van der Waals surface area contributed by atoms with E-state index in [4.69, 9.17) is 0 Å². The molecule has 0 bridgehead atoms. The highest BCUT2D eigenvalue weighted by Gasteiger charge is 2.20. The van der Waals surface area contributed by atoms with Gasteiger partial charge in [0.05, 0.1) is 26.2 Å². The summed E-state index contributed by atoms with van der Waals surface area (Å²) in [4.78, 5) is 0. The Labute approximate surface area is 91.4 Å². The smallest absolute Gasteiger partial charge is 0.0978 e. The van der Waals surface area contributed by atoms with Gasteiger partial charge in [0.1, 0.15) is 0 Å². The Morgan fingerprint density at radius 2 is 0.867 bits per heavy atom. The molecule has 0 saturated carbocycles. The fraction of sp³-hybridized carbons (Fsp3) is 0.333. The molecule has 0 aromatic rings. The third kappa shape index (κ3) is 6.80. The molecule has 0 aliphatic rings. The van der Waals surface area contributed by atoms with Crippen LogP contribution in [0.15, 0.2) is 50.6 Å². The van der Waals surface area contributed by atoms with Crippen molar-refractivity contribution in [3.05, 3.63) is 50.6 Å². The molecule has 0 unspecified atom stereocenters. The highest BCUT2D eigenvalue weighted by Crippen LogP contribution is 2.07. The van der Waals surface area contributed by atoms with Gasteiger partial charge in [0.25, 0.3) is 0 Å². The van der Waals surface area contributed by atoms with E-state index >= 15 is 0 Å². The molecule has 0 aromatic carbocycles. The summed E-state index contributed by atoms with van der Waals surface area (Å²) in [6.07, 6.45) is 7.76. The van der Waals surface area contributed by atoms with Crippen molar-refractivity contribution >= 4 is 0 Å². The van der Waals surface area contributed by atoms with Gasteiger partial charge in [-0.05, 0) is 24.3 Å². The summed E-state index contributed by atoms with van der Waals surface area (Å²) in [7, 11) is 0. The molecule has 15 heavy (non-hydrogen) atoms. The molecule has 0 amide bonds. The van der Waals surface area contributed by atoms with Gasteiger partial charge in [-0.1, -0.05) is 26.3 Å². The second-order valence-electron chi connectivity index (χ2n) is 3.23. The van der Waals surface area contributed by atoms with Crippen LogP contribution in [0.2, 0.25) is 0 Å². The quantitative estimate of drug-likeness (QED) is 0.387. The highest BCUT2D eigenvalue weighted by molar-refractivity contribution is 4.79. The largest absolute Gasteiger partial charge is 1.00 e. The third-order valence-corrected chi connectivity index (χ3v) is 2.07. The number of halogens is 2. The molecular formula is C12H21F2N. The van der Waals surface area contributed by atoms with Crippen molar-refractivity contribution in [2.24, 2.45) is 0 Å². The standard InChI is InChI=1S/C12H20N.2FH/c1-5-9-13(10-6-2,11-7-3)12-8-4;;/h5-8H,1-4,9-12H2;2*1H/q+1;;/p-1. The van der Waals surface area contributed by atoms with Crippen molar-refractivity contribution in [2.45, 2.75) is 0 Å². The predicted octanol–water partition coefficient (Wildman–Crippen LogP) is -0.296. The van der Waals surface area contributed by atoms with Crippen molar-refractivity contribution < 1.29 is 13.9 Å². The lowest BCUT2D eigenvalue weighted by Gasteiger charge is -2.35. The van der Waals surface area contributed by atoms with Gasteiger partial charge in [-0.25, -0.2) is 0 Å². The maximum absolute atomic E-state index is 3.77. The van der Waals surface area contributed by atoms with Crippen LogP contribution in [-0.2, 0) is 0 Å². The summed E-state index contributed by atoms with van der Waals surface area (Å²) in [5.41, 5.74) is 0. The Bertz CT molecular complexity index is 154. The number of nitrogens with zero attached hydrogens (tertiary/aromatic N) is 1. The zero-order valence-electron chi connectivity index (χ0n) is 9.20. The number of hydrogen-bond acceptors (Lipinski definition) is 0. The molecule has 88 valence electrons. The minimum absolute atomic E-state index is 0. The van der Waals surface area contributed by atoms with Crippen molar-refractivity contribution in [3.63, 3.8) is 0 Å². The molecule has 0 heterocycles. The average molecular weight is 217 g/mol. The first-order valence-electron chi connectivity index (χ1n) is 4.53. The van der Waals surface area contributed by atoms with E-state index in [0.717, 1.165) is 30.7 Å². The molecule has 0 saturated heterocycles. The second kappa shape index (κ2) is 10.9. The van der Waals surface area contributed by atoms with E-state index in [1.807, 2.05) is 24.3 Å². The van der Waals surface area contributed by atoms with Gasteiger partial charge in [-0.2, -0.15) is 0 Å². The Morgan fingerprint density at radius 1 is 0.667 bits per heavy atom. The van der Waals surface area contributed by atoms with Crippen LogP contribution in [0.5, 0.6) is 0 Å². The summed E-state index contributed by atoms with van der Waals surface area (Å²) < 4.78 is 0.903. The maximum atomic E-state index is 3.77. The van der Waals surface area contributed by atoms with Crippen LogP contribution >= 0.6 is 0 Å². The fourth-order valence-corrected chi connectivity index (χ4v) is 1.54. The lowest BCUT2D eigenvalue weighted by Crippen LogP contribution is -3.00. The number of rotatable bonds is 8. The fourth-order valence-electron chi connectivity index (χ4n) is 1.54. The second-order valence-corrected chi connectivity index (χ2v) is 3.23. The van der Waals surface area contributed by atoms with E-state index in [-0.39, 0.29) is 9.41 Å². The van der Waals surface area contributed by atoms with E-state index in [1.54, 1.807) is 0 Å². The molecule has 1 nitrogen and oxygen atoms in total. The van der Waals surface area contributed by atoms with Gasteiger partial charge in [0.15, 0.2) is 0 Å². The van der Waals surface area contributed by atoms with Gasteiger partial charge >= 0.3 is 0 Å². The number of hydrogen-bond donors (Lipinski definition) is 0. The first-order chi connectivity index (χ1) is 6.24. The summed E-state index contributed by atoms with van der Waals surface area (Å²) in [5, 5.41) is 0. The zero-order valence-corrected chi connectivity index (χ0v) is 9.20. The van der Waals surface area contributed by atoms with E-state index in [1.165, 1.54) is 0 Å². The predicted molar refractivity (Wildman–Crippen MR) is 63.0 cm³/mol. The molecule has 0 fully saturated rings. The van der Waals surface area contributed by atoms with Gasteiger partial charge in [0.2, 0.25) is 0 Å². The van der Waals surface area contributed by atoms with Gasteiger partial charge < -0.3 is 9.19 Å². The molecule has 0 aliphatic carbocycles. The zero-order chi connectivity index (χ0) is 10.2. The van der Waals surface area contributed by atoms with Crippen molar-refractivity contribution in [2.75, 3.05) is 26.2 Å². The molecule has 0 atom stereocenters. The minimum atomic E-state index is 0. The molecule has 0 rings (SSSR count). The van der Waals surface area contributed by atoms with Crippen LogP contribution in [0.3, 0.4) is 0 Å². The monoisotopic (exact) mass is 217 g/mol. The van der Waals surface area contributed by atoms with Crippen LogP contribution in [-0.4, -0.2) is 30.7 Å². The van der Waals surface area contributed by atoms with Crippen molar-refractivity contribution in [1.82, 2.24) is 0 Å². The maximum Gasteiger partial charge on any atom is 0.0978 e. The van der Waals surface area contributed by atoms with Crippen LogP contribution < -0.4 is 4.70 Å². The summed E-state index contributed by atoms with van der Waals surface area (Å²) >= 11 is 0. The van der Waals surface area contributed by atoms with Gasteiger partial charge in [-0.15, -0.1) is 0 Å². The van der Waals surface area contributed by atoms with Crippen LogP contribution in [0.1, 0.15) is 0 Å². The topological polar surface area (TPSA) is 0 Å². The molecular weight excluding hydrogens is 196 g/mol. The van der Waals surface area contributed by atoms with Gasteiger partial charge in [0, 0.05) is 0 Å². The Hall–Kier alpha value is -1.22. The van der Waals surface area contributed by atoms with E-state index < -0.39 is 0 Å². The van der Waals surface area contributed by atoms with E-state index in [2.05, 4.69) is 26.3 Å². The molecule has 0 radical (unpaired) electrons. The van der Waals surface area contributed by atoms with Crippen molar-refractivity contribution in [3.8, 4) is 0 Å². The average Bonchev–Trinajstić information content (AvgIpc) is 2.06. The molecule has 0 aromatic heterocycles. The van der Waals surface area contributed by atoms with Crippen LogP contribution in [0.25, 0.3) is 0 Å². The molecule has 0 spiro atoms. The highest BCUT2D eigenvalue weighted by atomic mass is 19.0. The molecule has 0 aliphatic heterocycles. The normalized spacial score (nSPS) is 9.07. The first-order valence-corrected chi connectivity index (χ1v) is 4.53. The Kier molecular flexibility index (Phi) is 14.0. The Balaban J connectivity index is -0.000000720. The summed E-state index contributed by atoms with van der Waals surface area (Å²) in [6.45, 7) is 18.8.